The number of benzene rings is 1. The molecule has 0 spiro atoms. The summed E-state index contributed by atoms with van der Waals surface area (Å²) in [5.74, 6) is 0.947. The summed E-state index contributed by atoms with van der Waals surface area (Å²) in [5.41, 5.74) is 8.74. The number of hydrogen-bond acceptors (Lipinski definition) is 3. The first-order valence-corrected chi connectivity index (χ1v) is 7.08. The molecule has 0 aliphatic carbocycles. The van der Waals surface area contributed by atoms with Gasteiger partial charge in [0.15, 0.2) is 0 Å². The SMILES string of the molecule is CCn1ncnc1CC(N)c1cccc(C)c1I. The Morgan fingerprint density at radius 3 is 2.94 bits per heavy atom. The smallest absolute Gasteiger partial charge is 0.138 e. The van der Waals surface area contributed by atoms with Crippen molar-refractivity contribution in [1.29, 1.82) is 0 Å². The van der Waals surface area contributed by atoms with E-state index in [4.69, 9.17) is 5.73 Å². The Morgan fingerprint density at radius 2 is 2.22 bits per heavy atom. The summed E-state index contributed by atoms with van der Waals surface area (Å²) in [4.78, 5) is 4.27. The molecule has 1 aromatic carbocycles. The van der Waals surface area contributed by atoms with E-state index in [-0.39, 0.29) is 6.04 Å². The van der Waals surface area contributed by atoms with Crippen molar-refractivity contribution < 1.29 is 0 Å². The number of rotatable bonds is 4. The maximum Gasteiger partial charge on any atom is 0.138 e. The largest absolute Gasteiger partial charge is 0.324 e. The zero-order chi connectivity index (χ0) is 13.1. The lowest BCUT2D eigenvalue weighted by Gasteiger charge is -2.15. The first kappa shape index (κ1) is 13.5. The molecule has 5 heteroatoms. The molecule has 0 radical (unpaired) electrons. The molecule has 0 fully saturated rings. The minimum absolute atomic E-state index is 0.0358. The molecule has 4 nitrogen and oxygen atoms in total. The predicted molar refractivity (Wildman–Crippen MR) is 80.2 cm³/mol. The second kappa shape index (κ2) is 5.79. The molecule has 0 aliphatic rings. The topological polar surface area (TPSA) is 56.7 Å². The lowest BCUT2D eigenvalue weighted by Crippen LogP contribution is -2.18. The quantitative estimate of drug-likeness (QED) is 0.857. The molecule has 0 saturated heterocycles. The molecule has 2 N–H and O–H groups in total. The van der Waals surface area contributed by atoms with E-state index in [0.717, 1.165) is 12.4 Å². The average Bonchev–Trinajstić information content (AvgIpc) is 2.79. The van der Waals surface area contributed by atoms with Gasteiger partial charge in [-0.25, -0.2) is 4.98 Å². The van der Waals surface area contributed by atoms with E-state index in [1.165, 1.54) is 14.7 Å². The Balaban J connectivity index is 2.22. The summed E-state index contributed by atoms with van der Waals surface area (Å²) >= 11 is 2.36. The van der Waals surface area contributed by atoms with Gasteiger partial charge in [-0.3, -0.25) is 4.68 Å². The molecule has 18 heavy (non-hydrogen) atoms. The van der Waals surface area contributed by atoms with Crippen LogP contribution in [-0.4, -0.2) is 14.8 Å². The zero-order valence-corrected chi connectivity index (χ0v) is 12.8. The van der Waals surface area contributed by atoms with Crippen molar-refractivity contribution in [2.75, 3.05) is 0 Å². The van der Waals surface area contributed by atoms with Crippen molar-refractivity contribution in [2.24, 2.45) is 5.73 Å². The number of nitrogens with zero attached hydrogens (tertiary/aromatic N) is 3. The second-order valence-electron chi connectivity index (χ2n) is 4.28. The number of aromatic nitrogens is 3. The summed E-state index contributed by atoms with van der Waals surface area (Å²) < 4.78 is 3.13. The fourth-order valence-electron chi connectivity index (χ4n) is 1.97. The lowest BCUT2D eigenvalue weighted by atomic mass is 10.0. The fourth-order valence-corrected chi connectivity index (χ4v) is 2.73. The van der Waals surface area contributed by atoms with E-state index in [1.54, 1.807) is 6.33 Å². The lowest BCUT2D eigenvalue weighted by molar-refractivity contribution is 0.580. The van der Waals surface area contributed by atoms with Crippen LogP contribution >= 0.6 is 22.6 Å². The number of halogens is 1. The van der Waals surface area contributed by atoms with Crippen LogP contribution < -0.4 is 5.73 Å². The highest BCUT2D eigenvalue weighted by atomic mass is 127. The monoisotopic (exact) mass is 356 g/mol. The first-order chi connectivity index (χ1) is 8.63. The number of nitrogens with two attached hydrogens (primary N) is 1. The number of aryl methyl sites for hydroxylation is 2. The molecule has 0 saturated carbocycles. The highest BCUT2D eigenvalue weighted by Gasteiger charge is 2.14. The number of hydrogen-bond donors (Lipinski definition) is 1. The Labute approximate surface area is 121 Å². The van der Waals surface area contributed by atoms with Crippen LogP contribution in [0.25, 0.3) is 0 Å². The van der Waals surface area contributed by atoms with Gasteiger partial charge in [-0.2, -0.15) is 5.10 Å². The van der Waals surface area contributed by atoms with Crippen molar-refractivity contribution in [1.82, 2.24) is 14.8 Å². The molecule has 2 rings (SSSR count). The second-order valence-corrected chi connectivity index (χ2v) is 5.36. The van der Waals surface area contributed by atoms with E-state index < -0.39 is 0 Å². The van der Waals surface area contributed by atoms with Crippen LogP contribution in [0, 0.1) is 10.5 Å². The standard InChI is InChI=1S/C13H17IN4/c1-3-18-12(16-8-17-18)7-11(15)10-6-4-5-9(2)13(10)14/h4-6,8,11H,3,7,15H2,1-2H3. The van der Waals surface area contributed by atoms with Crippen molar-refractivity contribution >= 4 is 22.6 Å². The summed E-state index contributed by atoms with van der Waals surface area (Å²) in [6.45, 7) is 4.99. The van der Waals surface area contributed by atoms with Gasteiger partial charge in [-0.15, -0.1) is 0 Å². The van der Waals surface area contributed by atoms with Crippen LogP contribution in [0.15, 0.2) is 24.5 Å². The van der Waals surface area contributed by atoms with Crippen LogP contribution in [0.4, 0.5) is 0 Å². The fraction of sp³-hybridized carbons (Fsp3) is 0.385. The molecule has 0 bridgehead atoms. The summed E-state index contributed by atoms with van der Waals surface area (Å²) in [6.07, 6.45) is 2.31. The van der Waals surface area contributed by atoms with Gasteiger partial charge in [0.25, 0.3) is 0 Å². The molecule has 0 amide bonds. The van der Waals surface area contributed by atoms with Gasteiger partial charge in [0.05, 0.1) is 0 Å². The van der Waals surface area contributed by atoms with Crippen LogP contribution in [-0.2, 0) is 13.0 Å². The van der Waals surface area contributed by atoms with E-state index in [0.29, 0.717) is 6.42 Å². The van der Waals surface area contributed by atoms with Crippen molar-refractivity contribution in [3.63, 3.8) is 0 Å². The third-order valence-corrected chi connectivity index (χ3v) is 4.49. The molecular formula is C13H17IN4. The van der Waals surface area contributed by atoms with Crippen LogP contribution in [0.5, 0.6) is 0 Å². The first-order valence-electron chi connectivity index (χ1n) is 6.00. The van der Waals surface area contributed by atoms with Gasteiger partial charge < -0.3 is 5.73 Å². The van der Waals surface area contributed by atoms with E-state index in [2.05, 4.69) is 64.7 Å². The molecule has 1 atom stereocenters. The average molecular weight is 356 g/mol. The van der Waals surface area contributed by atoms with Crippen molar-refractivity contribution in [2.45, 2.75) is 32.9 Å². The molecule has 1 aromatic heterocycles. The van der Waals surface area contributed by atoms with Crippen molar-refractivity contribution in [3.8, 4) is 0 Å². The van der Waals surface area contributed by atoms with E-state index in [9.17, 15) is 0 Å². The highest BCUT2D eigenvalue weighted by Crippen LogP contribution is 2.23. The van der Waals surface area contributed by atoms with E-state index in [1.807, 2.05) is 4.68 Å². The van der Waals surface area contributed by atoms with Crippen LogP contribution in [0.3, 0.4) is 0 Å². The summed E-state index contributed by atoms with van der Waals surface area (Å²) in [6, 6.07) is 6.21. The van der Waals surface area contributed by atoms with Gasteiger partial charge >= 0.3 is 0 Å². The molecule has 1 unspecified atom stereocenters. The third kappa shape index (κ3) is 2.72. The van der Waals surface area contributed by atoms with Gasteiger partial charge in [0.1, 0.15) is 12.2 Å². The van der Waals surface area contributed by atoms with Gasteiger partial charge in [-0.1, -0.05) is 18.2 Å². The Morgan fingerprint density at radius 1 is 1.44 bits per heavy atom. The molecule has 1 heterocycles. The van der Waals surface area contributed by atoms with Crippen LogP contribution in [0.1, 0.15) is 29.9 Å². The Kier molecular flexibility index (Phi) is 4.34. The van der Waals surface area contributed by atoms with Gasteiger partial charge in [0.2, 0.25) is 0 Å². The molecule has 0 aliphatic heterocycles. The minimum Gasteiger partial charge on any atom is -0.324 e. The summed E-state index contributed by atoms with van der Waals surface area (Å²) in [7, 11) is 0. The minimum atomic E-state index is -0.0358. The Hall–Kier alpha value is -0.950. The van der Waals surface area contributed by atoms with Crippen LogP contribution in [0.2, 0.25) is 0 Å². The Bertz CT molecular complexity index is 536. The maximum absolute atomic E-state index is 6.29. The molecule has 2 aromatic rings. The zero-order valence-electron chi connectivity index (χ0n) is 10.6. The molecule has 96 valence electrons. The highest BCUT2D eigenvalue weighted by molar-refractivity contribution is 14.1. The maximum atomic E-state index is 6.29. The van der Waals surface area contributed by atoms with Gasteiger partial charge in [-0.05, 0) is 47.6 Å². The molecular weight excluding hydrogens is 339 g/mol. The third-order valence-electron chi connectivity index (χ3n) is 3.02. The van der Waals surface area contributed by atoms with Gasteiger partial charge in [0, 0.05) is 22.6 Å². The van der Waals surface area contributed by atoms with E-state index >= 15 is 0 Å². The summed E-state index contributed by atoms with van der Waals surface area (Å²) in [5, 5.41) is 4.17. The predicted octanol–water partition coefficient (Wildman–Crippen LogP) is 2.45. The van der Waals surface area contributed by atoms with Crippen molar-refractivity contribution in [3.05, 3.63) is 45.0 Å². The normalized spacial score (nSPS) is 12.7.